The fourth-order valence-electron chi connectivity index (χ4n) is 7.34. The molecule has 0 aliphatic rings. The van der Waals surface area contributed by atoms with Crippen LogP contribution in [0.5, 0.6) is 0 Å². The van der Waals surface area contributed by atoms with Crippen LogP contribution in [0.4, 0.5) is 17.1 Å². The van der Waals surface area contributed by atoms with Crippen LogP contribution in [-0.4, -0.2) is 0 Å². The zero-order chi connectivity index (χ0) is 32.3. The van der Waals surface area contributed by atoms with E-state index in [1.54, 1.807) is 0 Å². The first-order valence-electron chi connectivity index (χ1n) is 16.6. The van der Waals surface area contributed by atoms with Gasteiger partial charge in [-0.15, -0.1) is 11.3 Å². The normalized spacial score (nSPS) is 11.7. The Morgan fingerprint density at radius 3 is 2.00 bits per heavy atom. The van der Waals surface area contributed by atoms with Gasteiger partial charge < -0.3 is 9.32 Å². The molecule has 3 heteroatoms. The Hall–Kier alpha value is -6.16. The lowest BCUT2D eigenvalue weighted by atomic mass is 10.0. The van der Waals surface area contributed by atoms with E-state index in [4.69, 9.17) is 4.42 Å². The van der Waals surface area contributed by atoms with Crippen LogP contribution in [0.2, 0.25) is 0 Å². The van der Waals surface area contributed by atoms with Gasteiger partial charge in [-0.1, -0.05) is 121 Å². The third kappa shape index (κ3) is 4.62. The Kier molecular flexibility index (Phi) is 6.39. The van der Waals surface area contributed by atoms with Crippen molar-refractivity contribution in [3.8, 4) is 22.3 Å². The molecule has 0 unspecified atom stereocenters. The monoisotopic (exact) mass is 643 g/mol. The summed E-state index contributed by atoms with van der Waals surface area (Å²) in [5.74, 6) is 0. The van der Waals surface area contributed by atoms with Crippen molar-refractivity contribution in [1.82, 2.24) is 0 Å². The molecule has 10 rings (SSSR count). The average Bonchev–Trinajstić information content (AvgIpc) is 3.75. The van der Waals surface area contributed by atoms with E-state index in [9.17, 15) is 0 Å². The van der Waals surface area contributed by atoms with Gasteiger partial charge in [-0.05, 0) is 82.1 Å². The van der Waals surface area contributed by atoms with Gasteiger partial charge in [-0.3, -0.25) is 0 Å². The van der Waals surface area contributed by atoms with Crippen LogP contribution < -0.4 is 4.90 Å². The molecule has 0 amide bonds. The topological polar surface area (TPSA) is 16.4 Å². The zero-order valence-corrected chi connectivity index (χ0v) is 27.3. The molecule has 8 aromatic carbocycles. The number of furan rings is 1. The summed E-state index contributed by atoms with van der Waals surface area (Å²) in [5, 5.41) is 7.43. The van der Waals surface area contributed by atoms with Crippen molar-refractivity contribution in [1.29, 1.82) is 0 Å². The maximum atomic E-state index is 6.40. The number of para-hydroxylation sites is 2. The third-order valence-electron chi connectivity index (χ3n) is 9.65. The maximum Gasteiger partial charge on any atom is 0.143 e. The average molecular weight is 644 g/mol. The molecule has 230 valence electrons. The standard InChI is InChI=1S/C46H29NOS/c1-2-10-30(11-3-1)33-12-8-13-35(28-33)47(36-26-22-32-23-27-44-45(41(32)29-36)40-15-5-7-19-43(40)49-44)34-24-20-31(21-25-34)37-16-9-17-39-38-14-4-6-18-42(38)48-46(37)39/h1-29H. The summed E-state index contributed by atoms with van der Waals surface area (Å²) in [7, 11) is 0. The number of thiophene rings is 1. The molecule has 0 bridgehead atoms. The predicted octanol–water partition coefficient (Wildman–Crippen LogP) is 13.9. The van der Waals surface area contributed by atoms with Crippen LogP contribution in [-0.2, 0) is 0 Å². The number of nitrogens with zero attached hydrogens (tertiary/aromatic N) is 1. The van der Waals surface area contributed by atoms with E-state index in [-0.39, 0.29) is 0 Å². The van der Waals surface area contributed by atoms with Crippen LogP contribution in [0.25, 0.3) is 75.1 Å². The van der Waals surface area contributed by atoms with Crippen LogP contribution in [0.1, 0.15) is 0 Å². The Bertz CT molecular complexity index is 2830. The highest BCUT2D eigenvalue weighted by Crippen LogP contribution is 2.43. The molecule has 10 aromatic rings. The number of rotatable bonds is 5. The van der Waals surface area contributed by atoms with E-state index in [0.29, 0.717) is 0 Å². The van der Waals surface area contributed by atoms with Crippen LogP contribution >= 0.6 is 11.3 Å². The number of hydrogen-bond donors (Lipinski definition) is 0. The van der Waals surface area contributed by atoms with E-state index >= 15 is 0 Å². The molecular formula is C46H29NOS. The summed E-state index contributed by atoms with van der Waals surface area (Å²) in [6, 6.07) is 63.2. The van der Waals surface area contributed by atoms with Crippen molar-refractivity contribution < 1.29 is 4.42 Å². The number of hydrogen-bond acceptors (Lipinski definition) is 3. The Labute approximate surface area is 287 Å². The van der Waals surface area contributed by atoms with Gasteiger partial charge in [-0.2, -0.15) is 0 Å². The minimum atomic E-state index is 0.912. The molecule has 0 spiro atoms. The number of benzene rings is 8. The van der Waals surface area contributed by atoms with Gasteiger partial charge in [-0.25, -0.2) is 0 Å². The predicted molar refractivity (Wildman–Crippen MR) is 210 cm³/mol. The molecule has 2 heterocycles. The number of fused-ring (bicyclic) bond motifs is 8. The molecule has 0 aliphatic carbocycles. The Balaban J connectivity index is 1.15. The summed E-state index contributed by atoms with van der Waals surface area (Å²) < 4.78 is 9.03. The van der Waals surface area contributed by atoms with Crippen molar-refractivity contribution in [3.05, 3.63) is 176 Å². The highest BCUT2D eigenvalue weighted by Gasteiger charge is 2.18. The highest BCUT2D eigenvalue weighted by molar-refractivity contribution is 7.26. The third-order valence-corrected chi connectivity index (χ3v) is 10.8. The smallest absolute Gasteiger partial charge is 0.143 e. The molecule has 2 aromatic heterocycles. The summed E-state index contributed by atoms with van der Waals surface area (Å²) in [5.41, 5.74) is 9.74. The first kappa shape index (κ1) is 27.9. The second kappa shape index (κ2) is 11.2. The fourth-order valence-corrected chi connectivity index (χ4v) is 8.46. The minimum Gasteiger partial charge on any atom is -0.455 e. The van der Waals surface area contributed by atoms with Crippen LogP contribution in [0, 0.1) is 0 Å². The first-order valence-corrected chi connectivity index (χ1v) is 17.4. The van der Waals surface area contributed by atoms with Gasteiger partial charge in [0.05, 0.1) is 0 Å². The second-order valence-electron chi connectivity index (χ2n) is 12.5. The van der Waals surface area contributed by atoms with E-state index in [0.717, 1.165) is 50.1 Å². The number of anilines is 3. The van der Waals surface area contributed by atoms with Crippen molar-refractivity contribution in [2.45, 2.75) is 0 Å². The highest BCUT2D eigenvalue weighted by atomic mass is 32.1. The van der Waals surface area contributed by atoms with Crippen LogP contribution in [0.3, 0.4) is 0 Å². The van der Waals surface area contributed by atoms with Crippen molar-refractivity contribution in [2.75, 3.05) is 4.90 Å². The lowest BCUT2D eigenvalue weighted by Gasteiger charge is -2.27. The largest absolute Gasteiger partial charge is 0.455 e. The van der Waals surface area contributed by atoms with E-state index in [1.807, 2.05) is 23.5 Å². The molecule has 0 aliphatic heterocycles. The lowest BCUT2D eigenvalue weighted by molar-refractivity contribution is 0.670. The van der Waals surface area contributed by atoms with Gasteiger partial charge in [0.1, 0.15) is 11.2 Å². The molecular weight excluding hydrogens is 615 g/mol. The first-order chi connectivity index (χ1) is 24.3. The van der Waals surface area contributed by atoms with E-state index in [2.05, 4.69) is 169 Å². The molecule has 0 saturated carbocycles. The fraction of sp³-hybridized carbons (Fsp3) is 0. The maximum absolute atomic E-state index is 6.40. The molecule has 2 nitrogen and oxygen atoms in total. The molecule has 0 atom stereocenters. The lowest BCUT2D eigenvalue weighted by Crippen LogP contribution is -2.10. The minimum absolute atomic E-state index is 0.912. The SMILES string of the molecule is c1ccc(-c2cccc(N(c3ccc(-c4cccc5c4oc4ccccc45)cc3)c3ccc4ccc5sc6ccccc6c5c4c3)c2)cc1. The van der Waals surface area contributed by atoms with Gasteiger partial charge in [0, 0.05) is 53.6 Å². The Morgan fingerprint density at radius 1 is 0.408 bits per heavy atom. The molecule has 0 saturated heterocycles. The van der Waals surface area contributed by atoms with Gasteiger partial charge in [0.25, 0.3) is 0 Å². The van der Waals surface area contributed by atoms with Gasteiger partial charge in [0.2, 0.25) is 0 Å². The van der Waals surface area contributed by atoms with E-state index in [1.165, 1.54) is 42.1 Å². The van der Waals surface area contributed by atoms with Crippen molar-refractivity contribution in [2.24, 2.45) is 0 Å². The van der Waals surface area contributed by atoms with Gasteiger partial charge >= 0.3 is 0 Å². The summed E-state index contributed by atoms with van der Waals surface area (Å²) in [4.78, 5) is 2.38. The Morgan fingerprint density at radius 2 is 1.10 bits per heavy atom. The van der Waals surface area contributed by atoms with Crippen molar-refractivity contribution in [3.63, 3.8) is 0 Å². The summed E-state index contributed by atoms with van der Waals surface area (Å²) in [6.45, 7) is 0. The van der Waals surface area contributed by atoms with Crippen LogP contribution in [0.15, 0.2) is 180 Å². The molecule has 0 N–H and O–H groups in total. The summed E-state index contributed by atoms with van der Waals surface area (Å²) in [6.07, 6.45) is 0. The quantitative estimate of drug-likeness (QED) is 0.186. The second-order valence-corrected chi connectivity index (χ2v) is 13.6. The summed E-state index contributed by atoms with van der Waals surface area (Å²) >= 11 is 1.86. The zero-order valence-electron chi connectivity index (χ0n) is 26.5. The molecule has 49 heavy (non-hydrogen) atoms. The molecule has 0 fully saturated rings. The van der Waals surface area contributed by atoms with E-state index < -0.39 is 0 Å². The van der Waals surface area contributed by atoms with Gasteiger partial charge in [0.15, 0.2) is 0 Å². The van der Waals surface area contributed by atoms with Crippen molar-refractivity contribution >= 4 is 81.3 Å². The molecule has 0 radical (unpaired) electrons.